The molecule has 0 aliphatic carbocycles. The Morgan fingerprint density at radius 1 is 1.22 bits per heavy atom. The number of likely N-dealkylation sites (N-methyl/N-ethyl adjacent to an activating group) is 1. The summed E-state index contributed by atoms with van der Waals surface area (Å²) in [5.41, 5.74) is 0. The van der Waals surface area contributed by atoms with E-state index >= 15 is 0 Å². The van der Waals surface area contributed by atoms with Crippen LogP contribution in [0.5, 0.6) is 0 Å². The first-order chi connectivity index (χ1) is 12.4. The second kappa shape index (κ2) is 15.3. The van der Waals surface area contributed by atoms with Crippen LogP contribution in [0.15, 0.2) is 4.99 Å². The molecular weight excluding hydrogens is 457 g/mol. The fourth-order valence-electron chi connectivity index (χ4n) is 2.91. The minimum absolute atomic E-state index is 0. The first-order valence-corrected chi connectivity index (χ1v) is 9.98. The monoisotopic (exact) mass is 497 g/mol. The summed E-state index contributed by atoms with van der Waals surface area (Å²) in [5, 5.41) is 6.81. The molecule has 1 saturated heterocycles. The van der Waals surface area contributed by atoms with Crippen molar-refractivity contribution in [2.45, 2.75) is 46.1 Å². The van der Waals surface area contributed by atoms with Crippen LogP contribution < -0.4 is 10.6 Å². The van der Waals surface area contributed by atoms with Crippen LogP contribution in [0.4, 0.5) is 0 Å². The average molecular weight is 497 g/mol. The molecule has 0 aromatic heterocycles. The molecule has 1 aliphatic heterocycles. The molecule has 8 heteroatoms. The van der Waals surface area contributed by atoms with Crippen molar-refractivity contribution >= 4 is 35.8 Å². The number of aliphatic imine (C=N–C) groups is 1. The number of carbonyl (C=O) groups excluding carboxylic acids is 1. The van der Waals surface area contributed by atoms with Gasteiger partial charge in [-0.1, -0.05) is 27.2 Å². The van der Waals surface area contributed by atoms with Gasteiger partial charge in [-0.25, -0.2) is 4.99 Å². The van der Waals surface area contributed by atoms with Gasteiger partial charge < -0.3 is 20.3 Å². The van der Waals surface area contributed by atoms with Crippen LogP contribution in [-0.2, 0) is 9.53 Å². The van der Waals surface area contributed by atoms with Gasteiger partial charge in [-0.15, -0.1) is 24.0 Å². The van der Waals surface area contributed by atoms with Crippen LogP contribution in [0.1, 0.15) is 40.0 Å². The summed E-state index contributed by atoms with van der Waals surface area (Å²) in [6, 6.07) is 0.446. The number of nitrogens with one attached hydrogen (secondary N) is 2. The topological polar surface area (TPSA) is 69.2 Å². The number of rotatable bonds is 10. The molecule has 160 valence electrons. The van der Waals surface area contributed by atoms with Crippen molar-refractivity contribution in [1.82, 2.24) is 20.4 Å². The molecule has 1 aliphatic rings. The molecule has 1 rings (SSSR count). The van der Waals surface area contributed by atoms with Crippen LogP contribution in [-0.4, -0.2) is 87.7 Å². The van der Waals surface area contributed by atoms with E-state index in [1.165, 1.54) is 0 Å². The fourth-order valence-corrected chi connectivity index (χ4v) is 2.91. The summed E-state index contributed by atoms with van der Waals surface area (Å²) in [5.74, 6) is 1.37. The molecule has 1 atom stereocenters. The predicted molar refractivity (Wildman–Crippen MR) is 123 cm³/mol. The Balaban J connectivity index is 0.00000676. The number of ether oxygens (including phenoxy) is 1. The first-order valence-electron chi connectivity index (χ1n) is 9.98. The van der Waals surface area contributed by atoms with Crippen molar-refractivity contribution in [3.8, 4) is 0 Å². The van der Waals surface area contributed by atoms with Gasteiger partial charge in [0.25, 0.3) is 0 Å². The first kappa shape index (κ1) is 26.4. The lowest BCUT2D eigenvalue weighted by Gasteiger charge is -2.35. The highest BCUT2D eigenvalue weighted by Crippen LogP contribution is 2.13. The number of carbonyl (C=O) groups is 1. The zero-order valence-corrected chi connectivity index (χ0v) is 20.1. The van der Waals surface area contributed by atoms with E-state index in [0.29, 0.717) is 12.0 Å². The lowest BCUT2D eigenvalue weighted by Crippen LogP contribution is -2.51. The van der Waals surface area contributed by atoms with Crippen molar-refractivity contribution < 1.29 is 9.53 Å². The minimum atomic E-state index is 0. The second-order valence-corrected chi connectivity index (χ2v) is 7.55. The summed E-state index contributed by atoms with van der Waals surface area (Å²) >= 11 is 0. The number of hydrogen-bond acceptors (Lipinski definition) is 4. The molecule has 0 bridgehead atoms. The van der Waals surface area contributed by atoms with E-state index in [0.717, 1.165) is 64.6 Å². The Bertz CT molecular complexity index is 426. The van der Waals surface area contributed by atoms with Crippen molar-refractivity contribution in [1.29, 1.82) is 0 Å². The Morgan fingerprint density at radius 3 is 2.44 bits per heavy atom. The summed E-state index contributed by atoms with van der Waals surface area (Å²) in [7, 11) is 3.51. The summed E-state index contributed by atoms with van der Waals surface area (Å²) in [4.78, 5) is 20.4. The summed E-state index contributed by atoms with van der Waals surface area (Å²) in [6.45, 7) is 12.1. The summed E-state index contributed by atoms with van der Waals surface area (Å²) in [6.07, 6.45) is 3.34. The molecule has 27 heavy (non-hydrogen) atoms. The molecule has 7 nitrogen and oxygen atoms in total. The van der Waals surface area contributed by atoms with Crippen LogP contribution in [0, 0.1) is 5.92 Å². The van der Waals surface area contributed by atoms with Gasteiger partial charge in [0.05, 0.1) is 13.2 Å². The lowest BCUT2D eigenvalue weighted by molar-refractivity contribution is -0.127. The van der Waals surface area contributed by atoms with E-state index in [1.54, 1.807) is 19.0 Å². The molecule has 0 radical (unpaired) electrons. The van der Waals surface area contributed by atoms with E-state index in [1.807, 2.05) is 0 Å². The zero-order valence-electron chi connectivity index (χ0n) is 17.8. The van der Waals surface area contributed by atoms with Gasteiger partial charge in [0.1, 0.15) is 6.54 Å². The Kier molecular flexibility index (Phi) is 15.0. The molecule has 1 amide bonds. The number of morpholine rings is 1. The molecule has 2 N–H and O–H groups in total. The maximum atomic E-state index is 11.8. The number of unbranched alkanes of at least 4 members (excludes halogenated alkanes) is 1. The zero-order chi connectivity index (χ0) is 19.4. The smallest absolute Gasteiger partial charge is 0.243 e. The Hall–Kier alpha value is -0.610. The standard InChI is InChI=1S/C19H39N5O2.HI/c1-6-7-8-20-19(22-15-18(25)23(4)5)21-14-17(13-16(2)3)24-9-11-26-12-10-24;/h16-17H,6-15H2,1-5H3,(H2,20,21,22);1H. The number of hydrogen-bond donors (Lipinski definition) is 2. The summed E-state index contributed by atoms with van der Waals surface area (Å²) < 4.78 is 5.49. The largest absolute Gasteiger partial charge is 0.379 e. The highest BCUT2D eigenvalue weighted by Gasteiger charge is 2.22. The molecular formula is C19H40IN5O2. The molecule has 0 aromatic rings. The second-order valence-electron chi connectivity index (χ2n) is 7.55. The van der Waals surface area contributed by atoms with E-state index in [2.05, 4.69) is 41.3 Å². The van der Waals surface area contributed by atoms with Crippen LogP contribution in [0.3, 0.4) is 0 Å². The van der Waals surface area contributed by atoms with E-state index in [-0.39, 0.29) is 36.4 Å². The number of nitrogens with zero attached hydrogens (tertiary/aromatic N) is 3. The van der Waals surface area contributed by atoms with Gasteiger partial charge in [-0.3, -0.25) is 9.69 Å². The SMILES string of the molecule is CCCCNC(=NCC(=O)N(C)C)NCC(CC(C)C)N1CCOCC1.I. The third-order valence-electron chi connectivity index (χ3n) is 4.50. The highest BCUT2D eigenvalue weighted by molar-refractivity contribution is 14.0. The van der Waals surface area contributed by atoms with Crippen LogP contribution in [0.2, 0.25) is 0 Å². The van der Waals surface area contributed by atoms with E-state index < -0.39 is 0 Å². The predicted octanol–water partition coefficient (Wildman–Crippen LogP) is 1.77. The molecule has 0 spiro atoms. The van der Waals surface area contributed by atoms with Crippen molar-refractivity contribution in [3.63, 3.8) is 0 Å². The molecule has 0 saturated carbocycles. The van der Waals surface area contributed by atoms with Crippen molar-refractivity contribution in [2.24, 2.45) is 10.9 Å². The van der Waals surface area contributed by atoms with Gasteiger partial charge in [0, 0.05) is 46.3 Å². The number of guanidine groups is 1. The van der Waals surface area contributed by atoms with Gasteiger partial charge in [0.2, 0.25) is 5.91 Å². The number of halogens is 1. The van der Waals surface area contributed by atoms with E-state index in [9.17, 15) is 4.79 Å². The highest BCUT2D eigenvalue weighted by atomic mass is 127. The van der Waals surface area contributed by atoms with Gasteiger partial charge >= 0.3 is 0 Å². The average Bonchev–Trinajstić information content (AvgIpc) is 2.62. The number of amides is 1. The third-order valence-corrected chi connectivity index (χ3v) is 4.50. The molecule has 0 aromatic carbocycles. The quantitative estimate of drug-likeness (QED) is 0.209. The van der Waals surface area contributed by atoms with Crippen molar-refractivity contribution in [2.75, 3.05) is 60.0 Å². The van der Waals surface area contributed by atoms with Crippen LogP contribution in [0.25, 0.3) is 0 Å². The third kappa shape index (κ3) is 11.7. The molecule has 1 unspecified atom stereocenters. The Labute approximate surface area is 182 Å². The Morgan fingerprint density at radius 2 is 1.89 bits per heavy atom. The van der Waals surface area contributed by atoms with Gasteiger partial charge in [-0.05, 0) is 18.8 Å². The minimum Gasteiger partial charge on any atom is -0.379 e. The van der Waals surface area contributed by atoms with Gasteiger partial charge in [-0.2, -0.15) is 0 Å². The fraction of sp³-hybridized carbons (Fsp3) is 0.895. The maximum Gasteiger partial charge on any atom is 0.243 e. The van der Waals surface area contributed by atoms with Crippen LogP contribution >= 0.6 is 24.0 Å². The molecule has 1 fully saturated rings. The molecule has 1 heterocycles. The van der Waals surface area contributed by atoms with Crippen molar-refractivity contribution in [3.05, 3.63) is 0 Å². The van der Waals surface area contributed by atoms with E-state index in [4.69, 9.17) is 4.74 Å². The lowest BCUT2D eigenvalue weighted by atomic mass is 10.0. The van der Waals surface area contributed by atoms with Gasteiger partial charge in [0.15, 0.2) is 5.96 Å². The maximum absolute atomic E-state index is 11.8. The normalized spacial score (nSPS) is 16.6.